The number of methoxy groups -OCH3 is 1. The lowest BCUT2D eigenvalue weighted by atomic mass is 9.79. The highest BCUT2D eigenvalue weighted by molar-refractivity contribution is 4.95. The van der Waals surface area contributed by atoms with Crippen molar-refractivity contribution < 1.29 is 4.74 Å². The molecule has 3 N–H and O–H groups in total. The Hall–Kier alpha value is -0.120. The minimum atomic E-state index is 0.166. The molecule has 2 fully saturated rings. The number of hydrogen-bond acceptors (Lipinski definition) is 3. The summed E-state index contributed by atoms with van der Waals surface area (Å²) in [5, 5.41) is 3.54. The smallest absolute Gasteiger partial charge is 0.0802 e. The lowest BCUT2D eigenvalue weighted by Crippen LogP contribution is -2.55. The molecule has 3 nitrogen and oxygen atoms in total. The van der Waals surface area contributed by atoms with Crippen LogP contribution in [0.3, 0.4) is 0 Å². The van der Waals surface area contributed by atoms with E-state index in [1.807, 2.05) is 7.11 Å². The Balaban J connectivity index is 1.66. The first-order chi connectivity index (χ1) is 6.24. The Bertz CT molecular complexity index is 168. The molecule has 0 aliphatic heterocycles. The van der Waals surface area contributed by atoms with E-state index in [9.17, 15) is 0 Å². The van der Waals surface area contributed by atoms with Gasteiger partial charge in [0.05, 0.1) is 5.60 Å². The molecule has 0 amide bonds. The Morgan fingerprint density at radius 2 is 2.15 bits per heavy atom. The van der Waals surface area contributed by atoms with E-state index in [1.165, 1.54) is 19.3 Å². The first-order valence-electron chi connectivity index (χ1n) is 5.28. The van der Waals surface area contributed by atoms with Crippen molar-refractivity contribution in [2.75, 3.05) is 13.7 Å². The van der Waals surface area contributed by atoms with Crippen molar-refractivity contribution in [2.45, 2.75) is 49.8 Å². The Labute approximate surface area is 80.0 Å². The number of hydrogen-bond donors (Lipinski definition) is 2. The Kier molecular flexibility index (Phi) is 2.58. The zero-order chi connectivity index (χ0) is 9.31. The number of nitrogens with one attached hydrogen (secondary N) is 1. The molecule has 0 unspecified atom stereocenters. The van der Waals surface area contributed by atoms with E-state index in [0.717, 1.165) is 19.4 Å². The molecule has 13 heavy (non-hydrogen) atoms. The summed E-state index contributed by atoms with van der Waals surface area (Å²) in [7, 11) is 1.83. The quantitative estimate of drug-likeness (QED) is 0.674. The van der Waals surface area contributed by atoms with Gasteiger partial charge in [-0.25, -0.2) is 0 Å². The average molecular weight is 184 g/mol. The van der Waals surface area contributed by atoms with Crippen LogP contribution in [-0.4, -0.2) is 31.3 Å². The molecule has 0 aromatic rings. The summed E-state index contributed by atoms with van der Waals surface area (Å²) in [6.07, 6.45) is 6.03. The second-order valence-electron chi connectivity index (χ2n) is 4.55. The first-order valence-corrected chi connectivity index (χ1v) is 5.28. The molecule has 2 rings (SSSR count). The molecule has 0 spiro atoms. The van der Waals surface area contributed by atoms with Gasteiger partial charge in [0, 0.05) is 25.7 Å². The summed E-state index contributed by atoms with van der Waals surface area (Å²) in [5.74, 6) is 0. The zero-order valence-electron chi connectivity index (χ0n) is 8.38. The van der Waals surface area contributed by atoms with Crippen molar-refractivity contribution in [2.24, 2.45) is 5.73 Å². The molecular formula is C10H20N2O. The molecule has 2 saturated carbocycles. The van der Waals surface area contributed by atoms with Gasteiger partial charge in [0.2, 0.25) is 0 Å². The van der Waals surface area contributed by atoms with Gasteiger partial charge in [-0.05, 0) is 32.1 Å². The summed E-state index contributed by atoms with van der Waals surface area (Å²) in [6.45, 7) is 1.01. The van der Waals surface area contributed by atoms with E-state index in [2.05, 4.69) is 5.32 Å². The molecule has 0 saturated heterocycles. The summed E-state index contributed by atoms with van der Waals surface area (Å²) in [5.41, 5.74) is 5.88. The fourth-order valence-electron chi connectivity index (χ4n) is 2.18. The van der Waals surface area contributed by atoms with Crippen molar-refractivity contribution in [3.8, 4) is 0 Å². The van der Waals surface area contributed by atoms with Crippen LogP contribution in [0, 0.1) is 0 Å². The van der Waals surface area contributed by atoms with Gasteiger partial charge >= 0.3 is 0 Å². The Morgan fingerprint density at radius 3 is 2.54 bits per heavy atom. The second-order valence-corrected chi connectivity index (χ2v) is 4.55. The van der Waals surface area contributed by atoms with Crippen LogP contribution in [0.25, 0.3) is 0 Å². The molecule has 0 bridgehead atoms. The lowest BCUT2D eigenvalue weighted by molar-refractivity contribution is -0.0723. The van der Waals surface area contributed by atoms with Gasteiger partial charge in [0.1, 0.15) is 0 Å². The van der Waals surface area contributed by atoms with E-state index in [-0.39, 0.29) is 5.60 Å². The number of nitrogens with two attached hydrogens (primary N) is 1. The van der Waals surface area contributed by atoms with Gasteiger partial charge in [0.15, 0.2) is 0 Å². The third-order valence-electron chi connectivity index (χ3n) is 3.59. The van der Waals surface area contributed by atoms with Crippen LogP contribution in [0.2, 0.25) is 0 Å². The van der Waals surface area contributed by atoms with Crippen molar-refractivity contribution in [3.05, 3.63) is 0 Å². The molecular weight excluding hydrogens is 164 g/mol. The van der Waals surface area contributed by atoms with Gasteiger partial charge in [-0.2, -0.15) is 0 Å². The predicted molar refractivity (Wildman–Crippen MR) is 52.6 cm³/mol. The topological polar surface area (TPSA) is 47.3 Å². The normalized spacial score (nSPS) is 36.5. The standard InChI is InChI=1S/C10H20N2O/c1-13-10(3-2-4-10)7-12-9-5-8(11)6-9/h8-9,12H,2-7,11H2,1H3. The molecule has 0 aromatic carbocycles. The monoisotopic (exact) mass is 184 g/mol. The summed E-state index contributed by atoms with van der Waals surface area (Å²) < 4.78 is 5.53. The maximum Gasteiger partial charge on any atom is 0.0802 e. The van der Waals surface area contributed by atoms with E-state index >= 15 is 0 Å². The van der Waals surface area contributed by atoms with Gasteiger partial charge < -0.3 is 15.8 Å². The van der Waals surface area contributed by atoms with Crippen molar-refractivity contribution in [1.29, 1.82) is 0 Å². The Morgan fingerprint density at radius 1 is 1.46 bits per heavy atom. The fourth-order valence-corrected chi connectivity index (χ4v) is 2.18. The first kappa shape index (κ1) is 9.44. The zero-order valence-corrected chi connectivity index (χ0v) is 8.38. The highest BCUT2D eigenvalue weighted by atomic mass is 16.5. The van der Waals surface area contributed by atoms with Crippen molar-refractivity contribution in [3.63, 3.8) is 0 Å². The van der Waals surface area contributed by atoms with Gasteiger partial charge in [-0.1, -0.05) is 0 Å². The van der Waals surface area contributed by atoms with Crippen LogP contribution >= 0.6 is 0 Å². The van der Waals surface area contributed by atoms with Gasteiger partial charge in [0.25, 0.3) is 0 Å². The molecule has 3 heteroatoms. The van der Waals surface area contributed by atoms with Crippen LogP contribution in [-0.2, 0) is 4.74 Å². The van der Waals surface area contributed by atoms with Crippen LogP contribution in [0.15, 0.2) is 0 Å². The SMILES string of the molecule is COC1(CNC2CC(N)C2)CCC1. The van der Waals surface area contributed by atoms with E-state index in [1.54, 1.807) is 0 Å². The minimum absolute atomic E-state index is 0.166. The third-order valence-corrected chi connectivity index (χ3v) is 3.59. The third kappa shape index (κ3) is 1.87. The second kappa shape index (κ2) is 3.56. The molecule has 76 valence electrons. The minimum Gasteiger partial charge on any atom is -0.377 e. The number of ether oxygens (including phenoxy) is 1. The summed E-state index contributed by atoms with van der Waals surface area (Å²) in [4.78, 5) is 0. The van der Waals surface area contributed by atoms with E-state index < -0.39 is 0 Å². The molecule has 2 aliphatic rings. The highest BCUT2D eigenvalue weighted by Gasteiger charge is 2.38. The summed E-state index contributed by atoms with van der Waals surface area (Å²) >= 11 is 0. The molecule has 0 radical (unpaired) electrons. The fraction of sp³-hybridized carbons (Fsp3) is 1.00. The molecule has 2 aliphatic carbocycles. The molecule has 0 aromatic heterocycles. The van der Waals surface area contributed by atoms with Gasteiger partial charge in [-0.3, -0.25) is 0 Å². The van der Waals surface area contributed by atoms with E-state index in [0.29, 0.717) is 12.1 Å². The van der Waals surface area contributed by atoms with Crippen LogP contribution in [0.1, 0.15) is 32.1 Å². The van der Waals surface area contributed by atoms with Crippen molar-refractivity contribution >= 4 is 0 Å². The average Bonchev–Trinajstić information content (AvgIpc) is 1.99. The summed E-state index contributed by atoms with van der Waals surface area (Å²) in [6, 6.07) is 1.10. The van der Waals surface area contributed by atoms with Crippen LogP contribution in [0.5, 0.6) is 0 Å². The van der Waals surface area contributed by atoms with Gasteiger partial charge in [-0.15, -0.1) is 0 Å². The maximum atomic E-state index is 5.72. The van der Waals surface area contributed by atoms with Crippen LogP contribution < -0.4 is 11.1 Å². The lowest BCUT2D eigenvalue weighted by Gasteiger charge is -2.43. The van der Waals surface area contributed by atoms with Crippen LogP contribution in [0.4, 0.5) is 0 Å². The van der Waals surface area contributed by atoms with E-state index in [4.69, 9.17) is 10.5 Å². The maximum absolute atomic E-state index is 5.72. The highest BCUT2D eigenvalue weighted by Crippen LogP contribution is 2.34. The largest absolute Gasteiger partial charge is 0.377 e. The molecule has 0 heterocycles. The predicted octanol–water partition coefficient (Wildman–Crippen LogP) is 0.635. The van der Waals surface area contributed by atoms with Crippen molar-refractivity contribution in [1.82, 2.24) is 5.32 Å². The molecule has 0 atom stereocenters. The number of rotatable bonds is 4.